The largest absolute Gasteiger partial charge is 0.494 e. The lowest BCUT2D eigenvalue weighted by molar-refractivity contribution is -0.148. The Labute approximate surface area is 139 Å². The molecule has 1 heterocycles. The summed E-state index contributed by atoms with van der Waals surface area (Å²) in [5.74, 6) is -0.230. The second-order valence-electron chi connectivity index (χ2n) is 7.56. The van der Waals surface area contributed by atoms with Crippen molar-refractivity contribution in [2.24, 2.45) is 0 Å². The van der Waals surface area contributed by atoms with Crippen molar-refractivity contribution in [2.75, 3.05) is 6.61 Å². The first-order chi connectivity index (χ1) is 10.5. The van der Waals surface area contributed by atoms with Crippen molar-refractivity contribution >= 4 is 18.6 Å². The van der Waals surface area contributed by atoms with Crippen LogP contribution in [0, 0.1) is 0 Å². The molecule has 5 heteroatoms. The molecule has 2 rings (SSSR count). The number of ether oxygens (including phenoxy) is 1. The van der Waals surface area contributed by atoms with Gasteiger partial charge in [0, 0.05) is 0 Å². The van der Waals surface area contributed by atoms with Gasteiger partial charge in [0.1, 0.15) is 0 Å². The third-order valence-electron chi connectivity index (χ3n) is 4.92. The Morgan fingerprint density at radius 3 is 2.26 bits per heavy atom. The average molecular weight is 318 g/mol. The fourth-order valence-electron chi connectivity index (χ4n) is 2.48. The van der Waals surface area contributed by atoms with E-state index < -0.39 is 12.5 Å². The Hall–Kier alpha value is -1.33. The number of rotatable bonds is 4. The van der Waals surface area contributed by atoms with Crippen LogP contribution in [-0.4, -0.2) is 30.9 Å². The van der Waals surface area contributed by atoms with Gasteiger partial charge >= 0.3 is 13.1 Å². The van der Waals surface area contributed by atoms with Gasteiger partial charge in [-0.1, -0.05) is 24.3 Å². The number of carbonyl (C=O) groups is 1. The molecule has 0 saturated carbocycles. The normalized spacial score (nSPS) is 19.7. The van der Waals surface area contributed by atoms with Crippen LogP contribution in [0.1, 0.15) is 54.0 Å². The topological polar surface area (TPSA) is 44.8 Å². The third-order valence-corrected chi connectivity index (χ3v) is 4.92. The van der Waals surface area contributed by atoms with Crippen LogP contribution < -0.4 is 5.46 Å². The van der Waals surface area contributed by atoms with E-state index in [1.807, 2.05) is 72.7 Å². The highest BCUT2D eigenvalue weighted by atomic mass is 16.7. The molecule has 1 aromatic rings. The van der Waals surface area contributed by atoms with Crippen LogP contribution in [0.2, 0.25) is 0 Å². The molecule has 126 valence electrons. The molecule has 1 fully saturated rings. The van der Waals surface area contributed by atoms with Gasteiger partial charge in [-0.25, -0.2) is 0 Å². The smallest absolute Gasteiger partial charge is 0.465 e. The summed E-state index contributed by atoms with van der Waals surface area (Å²) in [6.45, 7) is 14.0. The molecule has 0 bridgehead atoms. The fourth-order valence-corrected chi connectivity index (χ4v) is 2.48. The summed E-state index contributed by atoms with van der Waals surface area (Å²) >= 11 is 0. The Kier molecular flexibility index (Phi) is 4.66. The van der Waals surface area contributed by atoms with Crippen molar-refractivity contribution in [1.82, 2.24) is 0 Å². The highest BCUT2D eigenvalue weighted by Crippen LogP contribution is 2.36. The Morgan fingerprint density at radius 1 is 1.17 bits per heavy atom. The van der Waals surface area contributed by atoms with Gasteiger partial charge < -0.3 is 14.0 Å². The number of benzene rings is 1. The molecule has 0 radical (unpaired) electrons. The number of hydrogen-bond donors (Lipinski definition) is 0. The first-order valence-electron chi connectivity index (χ1n) is 8.14. The summed E-state index contributed by atoms with van der Waals surface area (Å²) in [5, 5.41) is 0. The molecule has 0 unspecified atom stereocenters. The predicted molar refractivity (Wildman–Crippen MR) is 91.8 cm³/mol. The summed E-state index contributed by atoms with van der Waals surface area (Å²) in [6, 6.07) is 7.80. The summed E-state index contributed by atoms with van der Waals surface area (Å²) in [4.78, 5) is 12.2. The van der Waals surface area contributed by atoms with Gasteiger partial charge in [0.25, 0.3) is 0 Å². The van der Waals surface area contributed by atoms with Crippen molar-refractivity contribution in [1.29, 1.82) is 0 Å². The Bertz CT molecular complexity index is 576. The summed E-state index contributed by atoms with van der Waals surface area (Å²) < 4.78 is 17.4. The van der Waals surface area contributed by atoms with Crippen LogP contribution in [0.25, 0.3) is 0 Å². The number of hydrogen-bond acceptors (Lipinski definition) is 4. The van der Waals surface area contributed by atoms with E-state index in [-0.39, 0.29) is 17.2 Å². The van der Waals surface area contributed by atoms with E-state index in [1.54, 1.807) is 0 Å². The molecule has 0 spiro atoms. The zero-order valence-electron chi connectivity index (χ0n) is 15.2. The van der Waals surface area contributed by atoms with Gasteiger partial charge in [-0.2, -0.15) is 0 Å². The third kappa shape index (κ3) is 3.31. The van der Waals surface area contributed by atoms with E-state index in [4.69, 9.17) is 14.0 Å². The molecule has 1 saturated heterocycles. The highest BCUT2D eigenvalue weighted by molar-refractivity contribution is 6.62. The van der Waals surface area contributed by atoms with E-state index >= 15 is 0 Å². The maximum Gasteiger partial charge on any atom is 0.494 e. The SMILES string of the molecule is CCOC(=O)C(C)(C)c1cccc(B2OC(C)(C)C(C)(C)O2)c1. The van der Waals surface area contributed by atoms with E-state index in [0.717, 1.165) is 11.0 Å². The van der Waals surface area contributed by atoms with Gasteiger partial charge in [0.2, 0.25) is 0 Å². The fraction of sp³-hybridized carbons (Fsp3) is 0.611. The highest BCUT2D eigenvalue weighted by Gasteiger charge is 2.51. The Balaban J connectivity index is 2.30. The van der Waals surface area contributed by atoms with E-state index in [9.17, 15) is 4.79 Å². The first kappa shape index (κ1) is 18.0. The van der Waals surface area contributed by atoms with Crippen LogP contribution in [0.5, 0.6) is 0 Å². The van der Waals surface area contributed by atoms with Crippen LogP contribution in [0.15, 0.2) is 24.3 Å². The first-order valence-corrected chi connectivity index (χ1v) is 8.14. The monoisotopic (exact) mass is 318 g/mol. The second-order valence-corrected chi connectivity index (χ2v) is 7.56. The van der Waals surface area contributed by atoms with Gasteiger partial charge in [-0.15, -0.1) is 0 Å². The van der Waals surface area contributed by atoms with Crippen LogP contribution >= 0.6 is 0 Å². The molecule has 1 aliphatic heterocycles. The quantitative estimate of drug-likeness (QED) is 0.632. The molecule has 0 atom stereocenters. The molecule has 4 nitrogen and oxygen atoms in total. The zero-order valence-corrected chi connectivity index (χ0v) is 15.2. The minimum atomic E-state index is -0.713. The Morgan fingerprint density at radius 2 is 1.74 bits per heavy atom. The number of esters is 1. The average Bonchev–Trinajstić information content (AvgIpc) is 2.68. The zero-order chi connectivity index (χ0) is 17.5. The molecule has 1 aromatic carbocycles. The van der Waals surface area contributed by atoms with Crippen LogP contribution in [-0.2, 0) is 24.3 Å². The molecular weight excluding hydrogens is 291 g/mol. The predicted octanol–water partition coefficient (Wildman–Crippen LogP) is 2.83. The molecule has 0 N–H and O–H groups in total. The molecule has 0 aliphatic carbocycles. The van der Waals surface area contributed by atoms with Crippen molar-refractivity contribution in [3.8, 4) is 0 Å². The van der Waals surface area contributed by atoms with Crippen molar-refractivity contribution in [2.45, 2.75) is 65.1 Å². The lowest BCUT2D eigenvalue weighted by Crippen LogP contribution is -2.41. The van der Waals surface area contributed by atoms with E-state index in [0.29, 0.717) is 6.61 Å². The van der Waals surface area contributed by atoms with Gasteiger partial charge in [-0.05, 0) is 59.5 Å². The standard InChI is InChI=1S/C18H27BO4/c1-8-21-15(20)16(2,3)13-10-9-11-14(12-13)19-22-17(4,5)18(6,7)23-19/h9-12H,8H2,1-7H3. The van der Waals surface area contributed by atoms with Crippen molar-refractivity contribution in [3.63, 3.8) is 0 Å². The van der Waals surface area contributed by atoms with Crippen molar-refractivity contribution in [3.05, 3.63) is 29.8 Å². The van der Waals surface area contributed by atoms with Gasteiger partial charge in [0.05, 0.1) is 23.2 Å². The van der Waals surface area contributed by atoms with E-state index in [1.165, 1.54) is 0 Å². The van der Waals surface area contributed by atoms with E-state index in [2.05, 4.69) is 0 Å². The molecular formula is C18H27BO4. The molecule has 0 amide bonds. The minimum absolute atomic E-state index is 0.230. The van der Waals surface area contributed by atoms with Gasteiger partial charge in [-0.3, -0.25) is 4.79 Å². The van der Waals surface area contributed by atoms with Gasteiger partial charge in [0.15, 0.2) is 0 Å². The minimum Gasteiger partial charge on any atom is -0.465 e. The van der Waals surface area contributed by atoms with Crippen LogP contribution in [0.3, 0.4) is 0 Å². The molecule has 1 aliphatic rings. The van der Waals surface area contributed by atoms with Crippen LogP contribution in [0.4, 0.5) is 0 Å². The summed E-state index contributed by atoms with van der Waals surface area (Å²) in [7, 11) is -0.432. The maximum atomic E-state index is 12.2. The lowest BCUT2D eigenvalue weighted by Gasteiger charge is -2.32. The van der Waals surface area contributed by atoms with Crippen molar-refractivity contribution < 1.29 is 18.8 Å². The second kappa shape index (κ2) is 5.95. The molecule has 0 aromatic heterocycles. The summed E-state index contributed by atoms with van der Waals surface area (Å²) in [5.41, 5.74) is 0.325. The number of carbonyl (C=O) groups excluding carboxylic acids is 1. The lowest BCUT2D eigenvalue weighted by atomic mass is 9.75. The molecule has 23 heavy (non-hydrogen) atoms. The maximum absolute atomic E-state index is 12.2. The summed E-state index contributed by atoms with van der Waals surface area (Å²) in [6.07, 6.45) is 0.